The lowest BCUT2D eigenvalue weighted by Crippen LogP contribution is -1.96. The van der Waals surface area contributed by atoms with Crippen LogP contribution in [0.15, 0.2) is 48.9 Å². The maximum atomic E-state index is 4.11. The molecule has 0 saturated carbocycles. The van der Waals surface area contributed by atoms with Gasteiger partial charge in [-0.2, -0.15) is 20.4 Å². The summed E-state index contributed by atoms with van der Waals surface area (Å²) < 4.78 is 0. The van der Waals surface area contributed by atoms with Gasteiger partial charge in [0.2, 0.25) is 0 Å². The molecule has 0 N–H and O–H groups in total. The Balaban J connectivity index is 2.18. The maximum Gasteiger partial charge on any atom is 0.123 e. The van der Waals surface area contributed by atoms with E-state index in [0.29, 0.717) is 11.4 Å². The van der Waals surface area contributed by atoms with E-state index < -0.39 is 0 Å². The molecule has 0 amide bonds. The predicted octanol–water partition coefficient (Wildman–Crippen LogP) is 1.39. The molecule has 6 nitrogen and oxygen atoms in total. The molecule has 0 atom stereocenters. The van der Waals surface area contributed by atoms with E-state index in [2.05, 4.69) is 30.6 Å². The highest BCUT2D eigenvalue weighted by Crippen LogP contribution is 2.25. The molecule has 3 heterocycles. The molecule has 0 unspecified atom stereocenters. The van der Waals surface area contributed by atoms with E-state index >= 15 is 0 Å². The molecule has 0 fully saturated rings. The van der Waals surface area contributed by atoms with Crippen LogP contribution >= 0.6 is 0 Å². The van der Waals surface area contributed by atoms with Crippen LogP contribution in [0.2, 0.25) is 0 Å². The highest BCUT2D eigenvalue weighted by molar-refractivity contribution is 5.75. The normalized spacial score (nSPS) is 10.2. The molecular formula is C12H8N6. The van der Waals surface area contributed by atoms with Gasteiger partial charge in [-0.1, -0.05) is 0 Å². The van der Waals surface area contributed by atoms with Crippen molar-refractivity contribution in [2.75, 3.05) is 0 Å². The molecule has 6 heteroatoms. The standard InChI is InChI=1S/C12H8N6/c1-3-10(16-13-6-1)9-5-8-15-18-12(9)11-4-2-7-14-17-11/h1-8H. The smallest absolute Gasteiger partial charge is 0.123 e. The number of rotatable bonds is 2. The van der Waals surface area contributed by atoms with Gasteiger partial charge in [0.05, 0.1) is 11.9 Å². The van der Waals surface area contributed by atoms with Crippen molar-refractivity contribution in [2.24, 2.45) is 0 Å². The number of hydrogen-bond acceptors (Lipinski definition) is 6. The Morgan fingerprint density at radius 3 is 1.94 bits per heavy atom. The zero-order chi connectivity index (χ0) is 12.2. The topological polar surface area (TPSA) is 77.3 Å². The van der Waals surface area contributed by atoms with Gasteiger partial charge < -0.3 is 0 Å². The minimum Gasteiger partial charge on any atom is -0.159 e. The molecule has 3 aromatic heterocycles. The number of hydrogen-bond donors (Lipinski definition) is 0. The largest absolute Gasteiger partial charge is 0.159 e. The van der Waals surface area contributed by atoms with Crippen LogP contribution in [0.3, 0.4) is 0 Å². The Morgan fingerprint density at radius 2 is 1.28 bits per heavy atom. The van der Waals surface area contributed by atoms with Crippen LogP contribution in [-0.2, 0) is 0 Å². The van der Waals surface area contributed by atoms with Gasteiger partial charge in [0.25, 0.3) is 0 Å². The molecule has 86 valence electrons. The third kappa shape index (κ3) is 1.91. The summed E-state index contributed by atoms with van der Waals surface area (Å²) in [7, 11) is 0. The van der Waals surface area contributed by atoms with Gasteiger partial charge in [-0.05, 0) is 30.3 Å². The fourth-order valence-electron chi connectivity index (χ4n) is 1.60. The highest BCUT2D eigenvalue weighted by atomic mass is 15.1. The van der Waals surface area contributed by atoms with E-state index in [0.717, 1.165) is 11.3 Å². The van der Waals surface area contributed by atoms with Crippen LogP contribution in [0.5, 0.6) is 0 Å². The Bertz CT molecular complexity index is 582. The van der Waals surface area contributed by atoms with Crippen molar-refractivity contribution in [2.45, 2.75) is 0 Å². The van der Waals surface area contributed by atoms with Gasteiger partial charge >= 0.3 is 0 Å². The summed E-state index contributed by atoms with van der Waals surface area (Å²) in [6.45, 7) is 0. The molecule has 0 aromatic carbocycles. The second-order valence-electron chi connectivity index (χ2n) is 3.51. The zero-order valence-corrected chi connectivity index (χ0v) is 9.30. The highest BCUT2D eigenvalue weighted by Gasteiger charge is 2.11. The van der Waals surface area contributed by atoms with Crippen molar-refractivity contribution in [3.8, 4) is 22.6 Å². The summed E-state index contributed by atoms with van der Waals surface area (Å²) in [5.74, 6) is 0. The first-order chi connectivity index (χ1) is 8.95. The fourth-order valence-corrected chi connectivity index (χ4v) is 1.60. The number of nitrogens with zero attached hydrogens (tertiary/aromatic N) is 6. The zero-order valence-electron chi connectivity index (χ0n) is 9.30. The third-order valence-electron chi connectivity index (χ3n) is 2.38. The summed E-state index contributed by atoms with van der Waals surface area (Å²) in [6, 6.07) is 9.16. The van der Waals surface area contributed by atoms with E-state index in [1.165, 1.54) is 0 Å². The van der Waals surface area contributed by atoms with Crippen LogP contribution in [0.1, 0.15) is 0 Å². The van der Waals surface area contributed by atoms with Crippen molar-refractivity contribution < 1.29 is 0 Å². The summed E-state index contributed by atoms with van der Waals surface area (Å²) in [6.07, 6.45) is 4.85. The molecule has 0 aliphatic rings. The second kappa shape index (κ2) is 4.62. The predicted molar refractivity (Wildman–Crippen MR) is 64.1 cm³/mol. The van der Waals surface area contributed by atoms with Crippen molar-refractivity contribution in [1.82, 2.24) is 30.6 Å². The Hall–Kier alpha value is -2.76. The summed E-state index contributed by atoms with van der Waals surface area (Å²) in [5.41, 5.74) is 2.86. The van der Waals surface area contributed by atoms with Crippen molar-refractivity contribution >= 4 is 0 Å². The van der Waals surface area contributed by atoms with Crippen LogP contribution in [0, 0.1) is 0 Å². The Kier molecular flexibility index (Phi) is 2.67. The van der Waals surface area contributed by atoms with Gasteiger partial charge in [0.15, 0.2) is 0 Å². The lowest BCUT2D eigenvalue weighted by Gasteiger charge is -2.04. The molecule has 3 rings (SSSR count). The average molecular weight is 236 g/mol. The molecule has 3 aromatic rings. The van der Waals surface area contributed by atoms with Gasteiger partial charge in [-0.25, -0.2) is 0 Å². The van der Waals surface area contributed by atoms with E-state index in [1.54, 1.807) is 24.7 Å². The minimum atomic E-state index is 0.645. The fraction of sp³-hybridized carbons (Fsp3) is 0. The van der Waals surface area contributed by atoms with E-state index in [-0.39, 0.29) is 0 Å². The second-order valence-corrected chi connectivity index (χ2v) is 3.51. The van der Waals surface area contributed by atoms with Gasteiger partial charge in [0.1, 0.15) is 11.4 Å². The molecule has 0 spiro atoms. The van der Waals surface area contributed by atoms with Crippen LogP contribution < -0.4 is 0 Å². The first kappa shape index (κ1) is 10.4. The van der Waals surface area contributed by atoms with E-state index in [1.807, 2.05) is 24.3 Å². The minimum absolute atomic E-state index is 0.645. The first-order valence-corrected chi connectivity index (χ1v) is 5.33. The van der Waals surface area contributed by atoms with Gasteiger partial charge in [-0.15, -0.1) is 10.2 Å². The molecule has 0 aliphatic heterocycles. The van der Waals surface area contributed by atoms with Crippen LogP contribution in [-0.4, -0.2) is 30.6 Å². The third-order valence-corrected chi connectivity index (χ3v) is 2.38. The molecule has 0 aliphatic carbocycles. The van der Waals surface area contributed by atoms with Gasteiger partial charge in [-0.3, -0.25) is 0 Å². The summed E-state index contributed by atoms with van der Waals surface area (Å²) in [4.78, 5) is 0. The lowest BCUT2D eigenvalue weighted by atomic mass is 10.1. The van der Waals surface area contributed by atoms with Crippen molar-refractivity contribution in [3.05, 3.63) is 48.9 Å². The van der Waals surface area contributed by atoms with Crippen LogP contribution in [0.25, 0.3) is 22.6 Å². The molecule has 0 saturated heterocycles. The summed E-state index contributed by atoms with van der Waals surface area (Å²) >= 11 is 0. The van der Waals surface area contributed by atoms with E-state index in [4.69, 9.17) is 0 Å². The Morgan fingerprint density at radius 1 is 0.611 bits per heavy atom. The number of aromatic nitrogens is 6. The van der Waals surface area contributed by atoms with Crippen molar-refractivity contribution in [3.63, 3.8) is 0 Å². The van der Waals surface area contributed by atoms with E-state index in [9.17, 15) is 0 Å². The summed E-state index contributed by atoms with van der Waals surface area (Å²) in [5, 5.41) is 23.8. The maximum absolute atomic E-state index is 4.11. The quantitative estimate of drug-likeness (QED) is 0.669. The molecule has 0 bridgehead atoms. The van der Waals surface area contributed by atoms with Gasteiger partial charge in [0, 0.05) is 18.0 Å². The first-order valence-electron chi connectivity index (χ1n) is 5.33. The molecular weight excluding hydrogens is 228 g/mol. The van der Waals surface area contributed by atoms with Crippen molar-refractivity contribution in [1.29, 1.82) is 0 Å². The van der Waals surface area contributed by atoms with Crippen LogP contribution in [0.4, 0.5) is 0 Å². The monoisotopic (exact) mass is 236 g/mol. The SMILES string of the molecule is c1cnnc(-c2ccnnc2-c2cccnn2)c1. The Labute approximate surface area is 103 Å². The molecule has 18 heavy (non-hydrogen) atoms. The molecule has 0 radical (unpaired) electrons. The lowest BCUT2D eigenvalue weighted by molar-refractivity contribution is 0.982. The average Bonchev–Trinajstić information content (AvgIpc) is 2.49.